The van der Waals surface area contributed by atoms with Crippen LogP contribution in [0.1, 0.15) is 155 Å². The van der Waals surface area contributed by atoms with E-state index >= 15 is 4.79 Å². The largest absolute Gasteiger partial charge is 0.507 e. The molecular weight excluding hydrogens is 1260 g/mol. The molecule has 91 heavy (non-hydrogen) atoms. The smallest absolute Gasteiger partial charge is 0.238 e. The molecule has 5 aliphatic heterocycles. The molecule has 9 N–H and O–H groups in total. The molecule has 0 spiro atoms. The van der Waals surface area contributed by atoms with Gasteiger partial charge in [0.15, 0.2) is 5.76 Å². The van der Waals surface area contributed by atoms with Gasteiger partial charge in [-0.1, -0.05) is 139 Å². The lowest BCUT2D eigenvalue weighted by Crippen LogP contribution is -2.50. The lowest BCUT2D eigenvalue weighted by Gasteiger charge is -2.43. The molecule has 6 heterocycles. The molecule has 0 radical (unpaired) electrons. The van der Waals surface area contributed by atoms with Gasteiger partial charge in [0.2, 0.25) is 11.2 Å². The minimum atomic E-state index is -1.03. The number of aliphatic hydroxyl groups is 5. The summed E-state index contributed by atoms with van der Waals surface area (Å²) in [6.45, 7) is 3.97. The van der Waals surface area contributed by atoms with Gasteiger partial charge in [-0.05, 0) is 172 Å². The van der Waals surface area contributed by atoms with Crippen molar-refractivity contribution in [1.29, 1.82) is 0 Å². The van der Waals surface area contributed by atoms with E-state index in [1.807, 2.05) is 12.1 Å². The number of aromatic hydroxyl groups is 3. The number of fused-ring (bicyclic) bond motifs is 15. The number of hydrogen-bond donors (Lipinski definition) is 9. The van der Waals surface area contributed by atoms with Crippen LogP contribution in [0.3, 0.4) is 0 Å². The summed E-state index contributed by atoms with van der Waals surface area (Å²) in [6.07, 6.45) is 3.58. The first-order valence-electron chi connectivity index (χ1n) is 32.4. The number of Topliss-reactive ketones (excluding diaryl/α,β-unsaturated/α-hetero) is 1. The maximum atomic E-state index is 15.8. The molecule has 0 unspecified atom stereocenters. The number of ketones is 1. The predicted octanol–water partition coefficient (Wildman–Crippen LogP) is 13.7. The molecule has 2 fully saturated rings. The second-order valence-corrected chi connectivity index (χ2v) is 34.4. The highest BCUT2D eigenvalue weighted by molar-refractivity contribution is 8.77. The zero-order chi connectivity index (χ0) is 62.9. The van der Waals surface area contributed by atoms with E-state index in [1.54, 1.807) is 64.8 Å². The van der Waals surface area contributed by atoms with Crippen molar-refractivity contribution in [1.82, 2.24) is 5.32 Å². The van der Waals surface area contributed by atoms with Gasteiger partial charge in [0.1, 0.15) is 40.1 Å². The molecule has 7 aliphatic rings. The molecule has 0 amide bonds. The van der Waals surface area contributed by atoms with Crippen molar-refractivity contribution in [2.75, 3.05) is 37.1 Å². The van der Waals surface area contributed by atoms with Crippen LogP contribution in [0.25, 0.3) is 44.2 Å². The molecule has 2 saturated heterocycles. The van der Waals surface area contributed by atoms with Crippen molar-refractivity contribution in [2.45, 2.75) is 155 Å². The fourth-order valence-electron chi connectivity index (χ4n) is 16.3. The Morgan fingerprint density at radius 3 is 2.40 bits per heavy atom. The third kappa shape index (κ3) is 11.9. The molecular formula is C72H79NO12S6. The number of ether oxygens (including phenoxy) is 1. The summed E-state index contributed by atoms with van der Waals surface area (Å²) < 4.78 is 14.1. The fourth-order valence-corrected chi connectivity index (χ4v) is 24.8. The summed E-state index contributed by atoms with van der Waals surface area (Å²) in [6, 6.07) is 26.9. The second kappa shape index (κ2) is 27.0. The van der Waals surface area contributed by atoms with Crippen LogP contribution >= 0.6 is 64.8 Å². The highest BCUT2D eigenvalue weighted by Gasteiger charge is 2.47. The van der Waals surface area contributed by atoms with Crippen molar-refractivity contribution in [2.24, 2.45) is 17.8 Å². The molecule has 13 nitrogen and oxygen atoms in total. The molecule has 6 aromatic carbocycles. The van der Waals surface area contributed by atoms with Crippen LogP contribution < -0.4 is 15.5 Å². The van der Waals surface area contributed by atoms with E-state index in [0.717, 1.165) is 81.2 Å². The number of hydrogen-bond acceptors (Lipinski definition) is 19. The van der Waals surface area contributed by atoms with E-state index in [0.29, 0.717) is 83.6 Å². The summed E-state index contributed by atoms with van der Waals surface area (Å²) in [5, 5.41) is 100. The van der Waals surface area contributed by atoms with E-state index in [-0.39, 0.29) is 130 Å². The Kier molecular flexibility index (Phi) is 18.9. The quantitative estimate of drug-likeness (QED) is 0.0548. The average molecular weight is 1340 g/mol. The summed E-state index contributed by atoms with van der Waals surface area (Å²) >= 11 is 0. The van der Waals surface area contributed by atoms with Crippen LogP contribution in [0.15, 0.2) is 88.1 Å². The number of carbonyl (C=O) groups excluding carboxylic acids is 1. The first-order valence-corrected chi connectivity index (χ1v) is 39.6. The second-order valence-electron chi connectivity index (χ2n) is 26.6. The van der Waals surface area contributed by atoms with Gasteiger partial charge in [-0.3, -0.25) is 9.59 Å². The van der Waals surface area contributed by atoms with Gasteiger partial charge in [0.25, 0.3) is 0 Å². The number of phenols is 2. The normalized spacial score (nSPS) is 27.0. The van der Waals surface area contributed by atoms with Gasteiger partial charge in [-0.2, -0.15) is 0 Å². The Labute approximate surface area is 554 Å². The monoisotopic (exact) mass is 1340 g/mol. The number of aliphatic hydroxyl groups excluding tert-OH is 5. The molecule has 19 heteroatoms. The number of benzene rings is 6. The highest BCUT2D eigenvalue weighted by Crippen LogP contribution is 2.62. The average Bonchev–Trinajstić information content (AvgIpc) is 0.801. The number of phenolic OH excluding ortho intramolecular Hbond substituents is 2. The van der Waals surface area contributed by atoms with Crippen LogP contribution in [-0.4, -0.2) is 113 Å². The molecule has 12 atom stereocenters. The van der Waals surface area contributed by atoms with Crippen LogP contribution in [0, 0.1) is 17.8 Å². The van der Waals surface area contributed by atoms with Gasteiger partial charge in [-0.25, -0.2) is 0 Å². The van der Waals surface area contributed by atoms with Crippen molar-refractivity contribution < 1.29 is 54.8 Å². The molecule has 1 aromatic heterocycles. The number of rotatable bonds is 11. The van der Waals surface area contributed by atoms with E-state index in [4.69, 9.17) is 9.15 Å². The van der Waals surface area contributed by atoms with Crippen LogP contribution in [0.5, 0.6) is 23.0 Å². The van der Waals surface area contributed by atoms with E-state index in [9.17, 15) is 45.6 Å². The first kappa shape index (κ1) is 63.9. The SMILES string of the molecule is CC(C)Cc1cc(-c2oc3cc(O)c4c(c3c(=O)c2O)O[C@@H]2C[C@@H]3c5c-4cc4c6c(ccc(c56)[C@H](SSCCC[C@@H]2O)[C@H]3O)C[C@H](CCCO)[C@@H]4CCO)c2c(c1O)Cc1cccc(c1)[C@H]1N[C@@H]3CSSC[C@@H](C(=O)CCO)c4cccc(c4)C[C@@H]3C[C@@H]1SSC2. The molecule has 7 bridgehead atoms. The fraction of sp³-hybridized carbons (Fsp3) is 0.472. The number of carbonyl (C=O) groups is 1. The van der Waals surface area contributed by atoms with Crippen molar-refractivity contribution >= 4 is 92.3 Å². The number of nitrogens with one attached hydrogen (secondary N) is 1. The zero-order valence-electron chi connectivity index (χ0n) is 51.1. The van der Waals surface area contributed by atoms with Gasteiger partial charge >= 0.3 is 0 Å². The highest BCUT2D eigenvalue weighted by atomic mass is 33.1. The Hall–Kier alpha value is -4.48. The number of piperidine rings is 1. The molecule has 2 aliphatic carbocycles. The Bertz CT molecular complexity index is 4010. The van der Waals surface area contributed by atoms with E-state index < -0.39 is 35.4 Å². The summed E-state index contributed by atoms with van der Waals surface area (Å²) in [5.41, 5.74) is 10.7. The minimum Gasteiger partial charge on any atom is -0.507 e. The van der Waals surface area contributed by atoms with Gasteiger partial charge in [0, 0.05) is 96.1 Å². The lowest BCUT2D eigenvalue weighted by atomic mass is 9.65. The zero-order valence-corrected chi connectivity index (χ0v) is 56.0. The maximum Gasteiger partial charge on any atom is 0.238 e. The summed E-state index contributed by atoms with van der Waals surface area (Å²) in [4.78, 5) is 29.2. The Morgan fingerprint density at radius 2 is 1.58 bits per heavy atom. The Balaban J connectivity index is 0.909. The third-order valence-corrected chi connectivity index (χ3v) is 28.6. The van der Waals surface area contributed by atoms with Gasteiger partial charge < -0.3 is 55.3 Å². The Morgan fingerprint density at radius 1 is 0.769 bits per heavy atom. The minimum absolute atomic E-state index is 0.0117. The first-order chi connectivity index (χ1) is 44.2. The van der Waals surface area contributed by atoms with Gasteiger partial charge in [-0.15, -0.1) is 0 Å². The summed E-state index contributed by atoms with van der Waals surface area (Å²) in [7, 11) is 10.3. The van der Waals surface area contributed by atoms with Crippen molar-refractivity contribution in [3.8, 4) is 45.4 Å². The molecule has 7 aromatic rings. The molecule has 14 rings (SSSR count). The summed E-state index contributed by atoms with van der Waals surface area (Å²) in [5.74, 6) is 1.24. The van der Waals surface area contributed by atoms with E-state index in [1.165, 1.54) is 11.6 Å². The van der Waals surface area contributed by atoms with Crippen molar-refractivity contribution in [3.05, 3.63) is 150 Å². The van der Waals surface area contributed by atoms with Crippen LogP contribution in [0.4, 0.5) is 0 Å². The van der Waals surface area contributed by atoms with Crippen LogP contribution in [-0.2, 0) is 36.2 Å². The predicted molar refractivity (Wildman–Crippen MR) is 372 cm³/mol. The topological polar surface area (TPSA) is 230 Å². The lowest BCUT2D eigenvalue weighted by molar-refractivity contribution is -0.120. The maximum absolute atomic E-state index is 15.8. The van der Waals surface area contributed by atoms with Crippen molar-refractivity contribution in [3.63, 3.8) is 0 Å². The standard InChI is InChI=1S/C72H79NO12S6/c1-35(2)21-43-27-48(52-33-89-90-59-28-42-24-36-7-3-9-38(22-36)51(54(77)16-19-76)32-87-88-34-53(42)73-65(59)41-10-4-8-37(23-41)25-47(52)66(43)80)70-69(83)68(82)64-58(85-70)31-56(79)62-49-29-46-44(15-18-75)39(11-5-17-74)26-40-13-14-45-63(60(40)46)61(49)50-30-57(84-71(62)64)55(78)12-6-20-86-91-72(45)67(50)81/h3-4,7-10,13-14,22-23,27,29,31,35,39,42,44,50-51,53,55,57,59,65,67,72-76,78-81,83H,5-6,11-12,15-21,24-26,28,30,32-34H2,1-2H3/t39-,42+,44-,50+,51+,53+,55-,57+,59-,65+,67-,72-/m0/s1. The van der Waals surface area contributed by atoms with Gasteiger partial charge in [0.05, 0.1) is 28.9 Å². The molecule has 480 valence electrons. The molecule has 0 saturated carbocycles. The third-order valence-electron chi connectivity index (χ3n) is 20.5. The van der Waals surface area contributed by atoms with Crippen LogP contribution in [0.2, 0.25) is 0 Å². The van der Waals surface area contributed by atoms with E-state index in [2.05, 4.69) is 79.8 Å².